The number of halogens is 2. The van der Waals surface area contributed by atoms with Crippen LogP contribution in [0.5, 0.6) is 11.5 Å². The van der Waals surface area contributed by atoms with Gasteiger partial charge >= 0.3 is 0 Å². The summed E-state index contributed by atoms with van der Waals surface area (Å²) in [5.41, 5.74) is 1.73. The van der Waals surface area contributed by atoms with E-state index in [0.29, 0.717) is 27.9 Å². The summed E-state index contributed by atoms with van der Waals surface area (Å²) in [6.07, 6.45) is 0. The number of benzene rings is 3. The molecule has 0 spiro atoms. The topological polar surface area (TPSA) is 105 Å². The van der Waals surface area contributed by atoms with Crippen LogP contribution >= 0.6 is 23.2 Å². The number of nitrogens with zero attached hydrogens (tertiary/aromatic N) is 2. The second-order valence-electron chi connectivity index (χ2n) is 9.19. The molecule has 0 aromatic heterocycles. The predicted octanol–water partition coefficient (Wildman–Crippen LogP) is 5.07. The van der Waals surface area contributed by atoms with E-state index in [1.165, 1.54) is 43.4 Å². The van der Waals surface area contributed by atoms with Crippen molar-refractivity contribution in [1.82, 2.24) is 10.2 Å². The van der Waals surface area contributed by atoms with Gasteiger partial charge in [0.15, 0.2) is 11.5 Å². The highest BCUT2D eigenvalue weighted by Gasteiger charge is 2.33. The van der Waals surface area contributed by atoms with Crippen molar-refractivity contribution in [3.05, 3.63) is 81.8 Å². The molecule has 0 heterocycles. The number of ether oxygens (including phenoxy) is 2. The maximum atomic E-state index is 14.0. The van der Waals surface area contributed by atoms with Crippen LogP contribution in [0.2, 0.25) is 10.0 Å². The van der Waals surface area contributed by atoms with Gasteiger partial charge in [-0.05, 0) is 62.7 Å². The Bertz CT molecular complexity index is 1500. The first kappa shape index (κ1) is 32.0. The highest BCUT2D eigenvalue weighted by Crippen LogP contribution is 2.32. The largest absolute Gasteiger partial charge is 0.493 e. The first-order valence-electron chi connectivity index (χ1n) is 12.8. The Balaban J connectivity index is 2.08. The second kappa shape index (κ2) is 13.9. The minimum atomic E-state index is -4.29. The van der Waals surface area contributed by atoms with Gasteiger partial charge in [0.2, 0.25) is 11.8 Å². The van der Waals surface area contributed by atoms with Crippen LogP contribution in [-0.2, 0) is 26.2 Å². The normalized spacial score (nSPS) is 11.9. The number of carbonyl (C=O) groups excluding carboxylic acids is 2. The molecule has 0 aliphatic rings. The number of aryl methyl sites for hydroxylation is 1. The van der Waals surface area contributed by atoms with Crippen molar-refractivity contribution in [1.29, 1.82) is 0 Å². The molecule has 0 aliphatic carbocycles. The Morgan fingerprint density at radius 2 is 1.61 bits per heavy atom. The summed E-state index contributed by atoms with van der Waals surface area (Å²) in [4.78, 5) is 28.0. The van der Waals surface area contributed by atoms with Gasteiger partial charge in [-0.2, -0.15) is 0 Å². The number of amides is 2. The molecule has 220 valence electrons. The van der Waals surface area contributed by atoms with Crippen LogP contribution in [-0.4, -0.2) is 58.5 Å². The van der Waals surface area contributed by atoms with E-state index in [1.54, 1.807) is 50.2 Å². The van der Waals surface area contributed by atoms with Crippen LogP contribution in [0.3, 0.4) is 0 Å². The average Bonchev–Trinajstić information content (AvgIpc) is 2.95. The zero-order valence-corrected chi connectivity index (χ0v) is 25.8. The van der Waals surface area contributed by atoms with Gasteiger partial charge in [0.1, 0.15) is 12.6 Å². The van der Waals surface area contributed by atoms with Crippen LogP contribution < -0.4 is 19.1 Å². The predicted molar refractivity (Wildman–Crippen MR) is 160 cm³/mol. The van der Waals surface area contributed by atoms with Crippen molar-refractivity contribution < 1.29 is 27.5 Å². The monoisotopic (exact) mass is 621 g/mol. The highest BCUT2D eigenvalue weighted by molar-refractivity contribution is 7.92. The number of likely N-dealkylation sites (N-methyl/N-ethyl adjacent to an activating group) is 1. The average molecular weight is 623 g/mol. The van der Waals surface area contributed by atoms with E-state index in [-0.39, 0.29) is 22.9 Å². The molecule has 3 aromatic carbocycles. The lowest BCUT2D eigenvalue weighted by molar-refractivity contribution is -0.139. The first-order valence-corrected chi connectivity index (χ1v) is 14.9. The van der Waals surface area contributed by atoms with E-state index in [4.69, 9.17) is 32.7 Å². The van der Waals surface area contributed by atoms with E-state index in [1.807, 2.05) is 6.92 Å². The first-order chi connectivity index (χ1) is 19.4. The summed E-state index contributed by atoms with van der Waals surface area (Å²) in [5.74, 6) is -0.436. The standard InChI is InChI=1S/C29H33Cl2N3O6S/c1-6-32-29(36)20(3)33(17-21-9-10-22(30)15-25(21)31)28(35)18-34(23-11-7-19(2)8-12-23)41(37,38)24-13-14-26(39-4)27(16-24)40-5/h7-16,20H,6,17-18H2,1-5H3,(H,32,36)/t20-/m1/s1. The molecule has 0 fully saturated rings. The summed E-state index contributed by atoms with van der Waals surface area (Å²) < 4.78 is 39.7. The highest BCUT2D eigenvalue weighted by atomic mass is 35.5. The Hall–Kier alpha value is -3.47. The molecule has 1 N–H and O–H groups in total. The van der Waals surface area contributed by atoms with Gasteiger partial charge in [0, 0.05) is 29.2 Å². The number of carbonyl (C=O) groups is 2. The molecule has 1 atom stereocenters. The third kappa shape index (κ3) is 7.63. The van der Waals surface area contributed by atoms with Crippen LogP contribution in [0.15, 0.2) is 65.6 Å². The molecule has 2 amide bonds. The van der Waals surface area contributed by atoms with E-state index in [0.717, 1.165) is 9.87 Å². The fourth-order valence-electron chi connectivity index (χ4n) is 4.08. The minimum Gasteiger partial charge on any atom is -0.493 e. The van der Waals surface area contributed by atoms with Crippen molar-refractivity contribution in [3.8, 4) is 11.5 Å². The molecule has 0 aliphatic heterocycles. The number of methoxy groups -OCH3 is 2. The van der Waals surface area contributed by atoms with Gasteiger partial charge in [-0.15, -0.1) is 0 Å². The molecule has 9 nitrogen and oxygen atoms in total. The van der Waals surface area contributed by atoms with Gasteiger partial charge in [-0.3, -0.25) is 13.9 Å². The van der Waals surface area contributed by atoms with Gasteiger partial charge in [0.25, 0.3) is 10.0 Å². The summed E-state index contributed by atoms with van der Waals surface area (Å²) >= 11 is 12.4. The summed E-state index contributed by atoms with van der Waals surface area (Å²) in [6.45, 7) is 4.93. The molecular weight excluding hydrogens is 589 g/mol. The minimum absolute atomic E-state index is 0.0503. The van der Waals surface area contributed by atoms with Crippen molar-refractivity contribution in [2.75, 3.05) is 31.6 Å². The fraction of sp³-hybridized carbons (Fsp3) is 0.310. The maximum absolute atomic E-state index is 14.0. The van der Waals surface area contributed by atoms with Crippen molar-refractivity contribution >= 4 is 50.7 Å². The van der Waals surface area contributed by atoms with E-state index < -0.39 is 34.4 Å². The SMILES string of the molecule is CCNC(=O)[C@@H](C)N(Cc1ccc(Cl)cc1Cl)C(=O)CN(c1ccc(C)cc1)S(=O)(=O)c1ccc(OC)c(OC)c1. The zero-order valence-electron chi connectivity index (χ0n) is 23.5. The number of sulfonamides is 1. The quantitative estimate of drug-likeness (QED) is 0.303. The smallest absolute Gasteiger partial charge is 0.264 e. The van der Waals surface area contributed by atoms with E-state index in [2.05, 4.69) is 5.32 Å². The Kier molecular flexibility index (Phi) is 10.9. The lowest BCUT2D eigenvalue weighted by Gasteiger charge is -2.32. The Labute approximate surface area is 251 Å². The summed E-state index contributed by atoms with van der Waals surface area (Å²) in [5, 5.41) is 3.44. The zero-order chi connectivity index (χ0) is 30.3. The van der Waals surface area contributed by atoms with Crippen molar-refractivity contribution in [3.63, 3.8) is 0 Å². The van der Waals surface area contributed by atoms with Gasteiger partial charge < -0.3 is 19.7 Å². The number of hydrogen-bond donors (Lipinski definition) is 1. The van der Waals surface area contributed by atoms with E-state index in [9.17, 15) is 18.0 Å². The van der Waals surface area contributed by atoms with Crippen LogP contribution in [0.4, 0.5) is 5.69 Å². The van der Waals surface area contributed by atoms with Gasteiger partial charge in [0.05, 0.1) is 24.8 Å². The summed E-state index contributed by atoms with van der Waals surface area (Å²) in [7, 11) is -1.44. The number of nitrogens with one attached hydrogen (secondary N) is 1. The molecule has 3 rings (SSSR count). The number of rotatable bonds is 12. The molecule has 0 bridgehead atoms. The van der Waals surface area contributed by atoms with Gasteiger partial charge in [-0.1, -0.05) is 47.0 Å². The fourth-order valence-corrected chi connectivity index (χ4v) is 5.98. The lowest BCUT2D eigenvalue weighted by Crippen LogP contribution is -2.51. The molecule has 0 saturated carbocycles. The molecule has 41 heavy (non-hydrogen) atoms. The number of anilines is 1. The summed E-state index contributed by atoms with van der Waals surface area (Å²) in [6, 6.07) is 14.8. The second-order valence-corrected chi connectivity index (χ2v) is 11.9. The molecule has 3 aromatic rings. The van der Waals surface area contributed by atoms with Crippen LogP contribution in [0, 0.1) is 6.92 Å². The third-order valence-corrected chi connectivity index (χ3v) is 8.77. The van der Waals surface area contributed by atoms with Crippen molar-refractivity contribution in [2.45, 2.75) is 38.3 Å². The number of hydrogen-bond acceptors (Lipinski definition) is 6. The van der Waals surface area contributed by atoms with Gasteiger partial charge in [-0.25, -0.2) is 8.42 Å². The molecule has 12 heteroatoms. The van der Waals surface area contributed by atoms with E-state index >= 15 is 0 Å². The molecule has 0 saturated heterocycles. The van der Waals surface area contributed by atoms with Crippen LogP contribution in [0.1, 0.15) is 25.0 Å². The molecule has 0 radical (unpaired) electrons. The Morgan fingerprint density at radius 1 is 0.951 bits per heavy atom. The van der Waals surface area contributed by atoms with Crippen molar-refractivity contribution in [2.24, 2.45) is 0 Å². The molecule has 0 unspecified atom stereocenters. The van der Waals surface area contributed by atoms with Crippen LogP contribution in [0.25, 0.3) is 0 Å². The Morgan fingerprint density at radius 3 is 2.20 bits per heavy atom. The lowest BCUT2D eigenvalue weighted by atomic mass is 10.1. The maximum Gasteiger partial charge on any atom is 0.264 e. The molecular formula is C29H33Cl2N3O6S. The third-order valence-electron chi connectivity index (χ3n) is 6.42.